The Bertz CT molecular complexity index is 1420. The number of hydrogen-bond donors (Lipinski definition) is 0. The number of allylic oxidation sites excluding steroid dienone is 1. The Balaban J connectivity index is 1.62. The van der Waals surface area contributed by atoms with Crippen molar-refractivity contribution in [3.63, 3.8) is 0 Å². The lowest BCUT2D eigenvalue weighted by atomic mass is 10.1. The molecule has 1 heterocycles. The van der Waals surface area contributed by atoms with E-state index in [1.54, 1.807) is 42.5 Å². The van der Waals surface area contributed by atoms with Crippen LogP contribution in [0, 0.1) is 18.3 Å². The summed E-state index contributed by atoms with van der Waals surface area (Å²) in [6, 6.07) is 20.5. The third-order valence-electron chi connectivity index (χ3n) is 4.42. The number of aryl methyl sites for hydroxylation is 1. The molecule has 0 atom stereocenters. The maximum atomic E-state index is 12.5. The van der Waals surface area contributed by atoms with E-state index in [1.165, 1.54) is 18.2 Å². The first-order valence-corrected chi connectivity index (χ1v) is 11.3. The molecule has 0 aliphatic heterocycles. The largest absolute Gasteiger partial charge is 0.435 e. The summed E-state index contributed by atoms with van der Waals surface area (Å²) >= 11 is 3.34. The molecular weight excluding hydrogens is 480 g/mol. The topological polar surface area (TPSA) is 93.2 Å². The molecule has 0 saturated carbocycles. The van der Waals surface area contributed by atoms with Crippen molar-refractivity contribution in [2.45, 2.75) is 11.8 Å². The Hall–Kier alpha value is -3.41. The van der Waals surface area contributed by atoms with Gasteiger partial charge in [0.2, 0.25) is 5.89 Å². The molecule has 0 aliphatic rings. The summed E-state index contributed by atoms with van der Waals surface area (Å²) in [7, 11) is -3.97. The molecule has 8 heteroatoms. The van der Waals surface area contributed by atoms with Crippen molar-refractivity contribution in [3.8, 4) is 11.8 Å². The molecule has 0 fully saturated rings. The Labute approximate surface area is 187 Å². The third kappa shape index (κ3) is 4.53. The Morgan fingerprint density at radius 3 is 2.55 bits per heavy atom. The first-order chi connectivity index (χ1) is 14.9. The summed E-state index contributed by atoms with van der Waals surface area (Å²) in [4.78, 5) is 4.40. The van der Waals surface area contributed by atoms with Gasteiger partial charge in [0.25, 0.3) is 0 Å². The second kappa shape index (κ2) is 8.38. The van der Waals surface area contributed by atoms with Crippen LogP contribution in [-0.4, -0.2) is 13.4 Å². The van der Waals surface area contributed by atoms with E-state index in [0.29, 0.717) is 21.1 Å². The maximum Gasteiger partial charge on any atom is 0.339 e. The first kappa shape index (κ1) is 20.8. The highest BCUT2D eigenvalue weighted by Gasteiger charge is 2.18. The van der Waals surface area contributed by atoms with Crippen molar-refractivity contribution in [1.82, 2.24) is 4.98 Å². The van der Waals surface area contributed by atoms with E-state index < -0.39 is 10.1 Å². The van der Waals surface area contributed by atoms with Gasteiger partial charge in [0, 0.05) is 0 Å². The van der Waals surface area contributed by atoms with Crippen LogP contribution >= 0.6 is 15.9 Å². The molecule has 0 spiro atoms. The quantitative estimate of drug-likeness (QED) is 0.259. The van der Waals surface area contributed by atoms with Gasteiger partial charge in [0.05, 0.1) is 4.47 Å². The number of nitriles is 1. The van der Waals surface area contributed by atoms with Crippen molar-refractivity contribution in [2.24, 2.45) is 0 Å². The number of aromatic nitrogens is 1. The molecule has 6 nitrogen and oxygen atoms in total. The molecule has 0 saturated heterocycles. The molecule has 0 N–H and O–H groups in total. The van der Waals surface area contributed by atoms with Crippen molar-refractivity contribution in [2.75, 3.05) is 0 Å². The highest BCUT2D eigenvalue weighted by atomic mass is 79.9. The number of hydrogen-bond acceptors (Lipinski definition) is 6. The highest BCUT2D eigenvalue weighted by molar-refractivity contribution is 9.10. The van der Waals surface area contributed by atoms with Gasteiger partial charge in [-0.15, -0.1) is 0 Å². The normalized spacial score (nSPS) is 12.0. The first-order valence-electron chi connectivity index (χ1n) is 9.14. The van der Waals surface area contributed by atoms with E-state index in [9.17, 15) is 13.7 Å². The van der Waals surface area contributed by atoms with Crippen LogP contribution in [0.15, 0.2) is 80.5 Å². The van der Waals surface area contributed by atoms with Crippen molar-refractivity contribution in [3.05, 3.63) is 88.2 Å². The van der Waals surface area contributed by atoms with E-state index in [1.807, 2.05) is 19.1 Å². The minimum absolute atomic E-state index is 0.0664. The molecular formula is C23H15BrN2O4S. The molecule has 0 amide bonds. The number of fused-ring (bicyclic) bond motifs is 1. The van der Waals surface area contributed by atoms with Gasteiger partial charge in [-0.2, -0.15) is 13.7 Å². The van der Waals surface area contributed by atoms with Crippen LogP contribution in [0.5, 0.6) is 5.75 Å². The van der Waals surface area contributed by atoms with E-state index in [-0.39, 0.29) is 22.1 Å². The number of para-hydroxylation sites is 2. The lowest BCUT2D eigenvalue weighted by molar-refractivity contribution is 0.484. The zero-order valence-corrected chi connectivity index (χ0v) is 18.6. The highest BCUT2D eigenvalue weighted by Crippen LogP contribution is 2.31. The fourth-order valence-corrected chi connectivity index (χ4v) is 4.37. The summed E-state index contributed by atoms with van der Waals surface area (Å²) in [5.74, 6) is 0.347. The van der Waals surface area contributed by atoms with Crippen molar-refractivity contribution >= 4 is 48.8 Å². The lowest BCUT2D eigenvalue weighted by Gasteiger charge is -2.09. The second-order valence-electron chi connectivity index (χ2n) is 6.70. The summed E-state index contributed by atoms with van der Waals surface area (Å²) in [5.41, 5.74) is 3.08. The van der Waals surface area contributed by atoms with Gasteiger partial charge in [-0.05, 0) is 70.9 Å². The number of rotatable bonds is 5. The van der Waals surface area contributed by atoms with Crippen LogP contribution in [0.25, 0.3) is 22.7 Å². The molecule has 0 unspecified atom stereocenters. The smallest absolute Gasteiger partial charge is 0.339 e. The molecule has 154 valence electrons. The van der Waals surface area contributed by atoms with Crippen LogP contribution in [0.2, 0.25) is 0 Å². The maximum absolute atomic E-state index is 12.5. The van der Waals surface area contributed by atoms with Crippen LogP contribution in [-0.2, 0) is 10.1 Å². The predicted molar refractivity (Wildman–Crippen MR) is 121 cm³/mol. The van der Waals surface area contributed by atoms with E-state index in [4.69, 9.17) is 8.60 Å². The lowest BCUT2D eigenvalue weighted by Crippen LogP contribution is -2.10. The van der Waals surface area contributed by atoms with Gasteiger partial charge >= 0.3 is 10.1 Å². The SMILES string of the molecule is Cc1ccc(S(=O)(=O)Oc2ccc(/C=C(\C#N)c3nc4ccccc4o3)cc2Br)cc1. The molecule has 3 aromatic carbocycles. The average Bonchev–Trinajstić information content (AvgIpc) is 3.18. The Kier molecular flexibility index (Phi) is 5.63. The van der Waals surface area contributed by atoms with E-state index >= 15 is 0 Å². The summed E-state index contributed by atoms with van der Waals surface area (Å²) in [5, 5.41) is 9.55. The van der Waals surface area contributed by atoms with E-state index in [0.717, 1.165) is 5.56 Å². The minimum Gasteiger partial charge on any atom is -0.435 e. The van der Waals surface area contributed by atoms with Gasteiger partial charge in [0.15, 0.2) is 11.3 Å². The fraction of sp³-hybridized carbons (Fsp3) is 0.0435. The van der Waals surface area contributed by atoms with Gasteiger partial charge < -0.3 is 8.60 Å². The van der Waals surface area contributed by atoms with E-state index in [2.05, 4.69) is 27.0 Å². The zero-order valence-electron chi connectivity index (χ0n) is 16.2. The van der Waals surface area contributed by atoms with Crippen molar-refractivity contribution < 1.29 is 17.0 Å². The molecule has 4 aromatic rings. The second-order valence-corrected chi connectivity index (χ2v) is 9.10. The predicted octanol–water partition coefficient (Wildman–Crippen LogP) is 5.73. The van der Waals surface area contributed by atoms with Crippen LogP contribution in [0.3, 0.4) is 0 Å². The van der Waals surface area contributed by atoms with Crippen LogP contribution in [0.1, 0.15) is 17.0 Å². The standard InChI is InChI=1S/C23H15BrN2O4S/c1-15-6-9-18(10-7-15)31(27,28)30-21-11-8-16(13-19(21)24)12-17(14-25)23-26-20-4-2-3-5-22(20)29-23/h2-13H,1H3/b17-12+. The van der Waals surface area contributed by atoms with Gasteiger partial charge in [0.1, 0.15) is 22.1 Å². The van der Waals surface area contributed by atoms with Gasteiger partial charge in [-0.1, -0.05) is 35.9 Å². The number of benzene rings is 3. The van der Waals surface area contributed by atoms with Gasteiger partial charge in [-0.3, -0.25) is 0 Å². The molecule has 31 heavy (non-hydrogen) atoms. The molecule has 0 aliphatic carbocycles. The molecule has 0 radical (unpaired) electrons. The Morgan fingerprint density at radius 2 is 1.87 bits per heavy atom. The minimum atomic E-state index is -3.97. The summed E-state index contributed by atoms with van der Waals surface area (Å²) in [6.45, 7) is 1.87. The van der Waals surface area contributed by atoms with Gasteiger partial charge in [-0.25, -0.2) is 4.98 Å². The average molecular weight is 495 g/mol. The zero-order chi connectivity index (χ0) is 22.0. The summed E-state index contributed by atoms with van der Waals surface area (Å²) < 4.78 is 36.4. The summed E-state index contributed by atoms with van der Waals surface area (Å²) in [6.07, 6.45) is 1.60. The fourth-order valence-electron chi connectivity index (χ4n) is 2.84. The van der Waals surface area contributed by atoms with Crippen molar-refractivity contribution in [1.29, 1.82) is 5.26 Å². The molecule has 1 aromatic heterocycles. The monoisotopic (exact) mass is 494 g/mol. The third-order valence-corrected chi connectivity index (χ3v) is 6.29. The molecule has 0 bridgehead atoms. The Morgan fingerprint density at radius 1 is 1.13 bits per heavy atom. The van der Waals surface area contributed by atoms with Crippen LogP contribution in [0.4, 0.5) is 0 Å². The van der Waals surface area contributed by atoms with Crippen LogP contribution < -0.4 is 4.18 Å². The molecule has 4 rings (SSSR count). The number of oxazole rings is 1. The number of halogens is 1. The number of nitrogens with zero attached hydrogens (tertiary/aromatic N) is 2.